The number of piperidine rings is 1. The molecule has 23 heavy (non-hydrogen) atoms. The number of unbranched alkanes of at least 4 members (excludes halogenated alkanes) is 1. The molecule has 1 spiro atoms. The molecule has 1 amide bonds. The number of nitrogens with zero attached hydrogens (tertiary/aromatic N) is 3. The molecule has 2 aliphatic rings. The van der Waals surface area contributed by atoms with Gasteiger partial charge in [0.15, 0.2) is 0 Å². The summed E-state index contributed by atoms with van der Waals surface area (Å²) in [6, 6.07) is 10.1. The Morgan fingerprint density at radius 2 is 1.96 bits per heavy atom. The van der Waals surface area contributed by atoms with Crippen LogP contribution in [0.5, 0.6) is 0 Å². The first kappa shape index (κ1) is 15.9. The molecule has 4 nitrogen and oxygen atoms in total. The molecule has 0 bridgehead atoms. The van der Waals surface area contributed by atoms with E-state index in [1.165, 1.54) is 0 Å². The third-order valence-electron chi connectivity index (χ3n) is 5.34. The normalized spacial score (nSPS) is 19.3. The minimum atomic E-state index is 0.327. The number of hydrogen-bond donors (Lipinski definition) is 0. The van der Waals surface area contributed by atoms with Crippen molar-refractivity contribution in [3.63, 3.8) is 0 Å². The van der Waals surface area contributed by atoms with Crippen molar-refractivity contribution < 1.29 is 4.79 Å². The SMILES string of the molecule is CCCCC(=O)N1CCC2(CC1)CN(c1ccccc1C#N)C2. The first-order valence-electron chi connectivity index (χ1n) is 8.69. The predicted molar refractivity (Wildman–Crippen MR) is 91.1 cm³/mol. The Kier molecular flexibility index (Phi) is 4.56. The van der Waals surface area contributed by atoms with Crippen LogP contribution in [0.2, 0.25) is 0 Å². The molecule has 2 aliphatic heterocycles. The molecule has 0 unspecified atom stereocenters. The number of nitriles is 1. The van der Waals surface area contributed by atoms with Crippen LogP contribution in [0.25, 0.3) is 0 Å². The van der Waals surface area contributed by atoms with Crippen molar-refractivity contribution in [2.45, 2.75) is 39.0 Å². The molecule has 1 aromatic carbocycles. The summed E-state index contributed by atoms with van der Waals surface area (Å²) < 4.78 is 0. The van der Waals surface area contributed by atoms with Crippen molar-refractivity contribution in [2.24, 2.45) is 5.41 Å². The Labute approximate surface area is 138 Å². The van der Waals surface area contributed by atoms with E-state index < -0.39 is 0 Å². The quantitative estimate of drug-likeness (QED) is 0.858. The first-order chi connectivity index (χ1) is 11.2. The van der Waals surface area contributed by atoms with Crippen LogP contribution in [0, 0.1) is 16.7 Å². The highest BCUT2D eigenvalue weighted by molar-refractivity contribution is 5.76. The topological polar surface area (TPSA) is 47.3 Å². The standard InChI is InChI=1S/C19H25N3O/c1-2-3-8-18(23)21-11-9-19(10-12-21)14-22(15-19)17-7-5-4-6-16(17)13-20/h4-7H,2-3,8-12,14-15H2,1H3. The molecule has 0 atom stereocenters. The second-order valence-electron chi connectivity index (χ2n) is 6.97. The largest absolute Gasteiger partial charge is 0.369 e. The van der Waals surface area contributed by atoms with E-state index in [9.17, 15) is 10.1 Å². The van der Waals surface area contributed by atoms with E-state index in [-0.39, 0.29) is 0 Å². The summed E-state index contributed by atoms with van der Waals surface area (Å²) in [4.78, 5) is 16.5. The van der Waals surface area contributed by atoms with Gasteiger partial charge in [-0.25, -0.2) is 0 Å². The lowest BCUT2D eigenvalue weighted by molar-refractivity contribution is -0.133. The van der Waals surface area contributed by atoms with Crippen molar-refractivity contribution >= 4 is 11.6 Å². The van der Waals surface area contributed by atoms with E-state index in [4.69, 9.17) is 0 Å². The van der Waals surface area contributed by atoms with Gasteiger partial charge in [0.2, 0.25) is 5.91 Å². The summed E-state index contributed by atoms with van der Waals surface area (Å²) >= 11 is 0. The minimum Gasteiger partial charge on any atom is -0.369 e. The summed E-state index contributed by atoms with van der Waals surface area (Å²) in [6.07, 6.45) is 4.97. The predicted octanol–water partition coefficient (Wildman–Crippen LogP) is 3.18. The molecule has 1 aromatic rings. The fourth-order valence-electron chi connectivity index (χ4n) is 3.81. The zero-order chi connectivity index (χ0) is 16.3. The molecule has 0 saturated carbocycles. The summed E-state index contributed by atoms with van der Waals surface area (Å²) in [7, 11) is 0. The van der Waals surface area contributed by atoms with Crippen LogP contribution in [0.1, 0.15) is 44.6 Å². The number of likely N-dealkylation sites (tertiary alicyclic amines) is 1. The summed E-state index contributed by atoms with van der Waals surface area (Å²) in [5.74, 6) is 0.327. The molecule has 0 radical (unpaired) electrons. The van der Waals surface area contributed by atoms with Gasteiger partial charge in [-0.1, -0.05) is 25.5 Å². The second kappa shape index (κ2) is 6.62. The molecule has 3 rings (SSSR count). The van der Waals surface area contributed by atoms with Gasteiger partial charge in [-0.05, 0) is 31.4 Å². The average Bonchev–Trinajstić information content (AvgIpc) is 2.57. The summed E-state index contributed by atoms with van der Waals surface area (Å²) in [5, 5.41) is 9.23. The Morgan fingerprint density at radius 3 is 2.61 bits per heavy atom. The second-order valence-corrected chi connectivity index (χ2v) is 6.97. The van der Waals surface area contributed by atoms with Gasteiger partial charge in [-0.2, -0.15) is 5.26 Å². The molecular formula is C19H25N3O. The van der Waals surface area contributed by atoms with E-state index in [0.29, 0.717) is 17.7 Å². The Hall–Kier alpha value is -2.02. The monoisotopic (exact) mass is 311 g/mol. The van der Waals surface area contributed by atoms with Gasteiger partial charge in [0.25, 0.3) is 0 Å². The van der Waals surface area contributed by atoms with Gasteiger partial charge >= 0.3 is 0 Å². The van der Waals surface area contributed by atoms with Gasteiger partial charge in [0, 0.05) is 38.0 Å². The highest BCUT2D eigenvalue weighted by Gasteiger charge is 2.45. The molecule has 2 saturated heterocycles. The Bertz CT molecular complexity index is 603. The average molecular weight is 311 g/mol. The maximum absolute atomic E-state index is 12.1. The maximum Gasteiger partial charge on any atom is 0.222 e. The molecule has 0 aliphatic carbocycles. The van der Waals surface area contributed by atoms with E-state index in [0.717, 1.165) is 63.1 Å². The van der Waals surface area contributed by atoms with Crippen LogP contribution in [-0.4, -0.2) is 37.0 Å². The van der Waals surface area contributed by atoms with Gasteiger partial charge in [-0.15, -0.1) is 0 Å². The van der Waals surface area contributed by atoms with Gasteiger partial charge in [-0.3, -0.25) is 4.79 Å². The lowest BCUT2D eigenvalue weighted by Crippen LogP contribution is -2.61. The third-order valence-corrected chi connectivity index (χ3v) is 5.34. The first-order valence-corrected chi connectivity index (χ1v) is 8.69. The zero-order valence-corrected chi connectivity index (χ0v) is 13.9. The number of amides is 1. The number of carbonyl (C=O) groups excluding carboxylic acids is 1. The lowest BCUT2D eigenvalue weighted by atomic mass is 9.71. The molecule has 4 heteroatoms. The lowest BCUT2D eigenvalue weighted by Gasteiger charge is -2.55. The van der Waals surface area contributed by atoms with Crippen LogP contribution in [0.3, 0.4) is 0 Å². The van der Waals surface area contributed by atoms with Crippen molar-refractivity contribution in [1.29, 1.82) is 5.26 Å². The van der Waals surface area contributed by atoms with Gasteiger partial charge < -0.3 is 9.80 Å². The van der Waals surface area contributed by atoms with E-state index in [2.05, 4.69) is 17.9 Å². The van der Waals surface area contributed by atoms with Crippen LogP contribution < -0.4 is 4.90 Å². The molecule has 0 aromatic heterocycles. The fourth-order valence-corrected chi connectivity index (χ4v) is 3.81. The van der Waals surface area contributed by atoms with Gasteiger partial charge in [0.05, 0.1) is 11.3 Å². The number of carbonyl (C=O) groups is 1. The van der Waals surface area contributed by atoms with Gasteiger partial charge in [0.1, 0.15) is 6.07 Å². The molecule has 2 fully saturated rings. The maximum atomic E-state index is 12.1. The fraction of sp³-hybridized carbons (Fsp3) is 0.579. The summed E-state index contributed by atoms with van der Waals surface area (Å²) in [6.45, 7) is 5.96. The van der Waals surface area contributed by atoms with Crippen LogP contribution in [-0.2, 0) is 4.79 Å². The molecular weight excluding hydrogens is 286 g/mol. The highest BCUT2D eigenvalue weighted by atomic mass is 16.2. The molecule has 2 heterocycles. The number of anilines is 1. The van der Waals surface area contributed by atoms with E-state index in [1.807, 2.05) is 29.2 Å². The van der Waals surface area contributed by atoms with Crippen LogP contribution in [0.15, 0.2) is 24.3 Å². The van der Waals surface area contributed by atoms with E-state index >= 15 is 0 Å². The van der Waals surface area contributed by atoms with Crippen LogP contribution >= 0.6 is 0 Å². The van der Waals surface area contributed by atoms with Crippen molar-refractivity contribution in [3.05, 3.63) is 29.8 Å². The zero-order valence-electron chi connectivity index (χ0n) is 13.9. The van der Waals surface area contributed by atoms with Crippen molar-refractivity contribution in [3.8, 4) is 6.07 Å². The molecule has 0 N–H and O–H groups in total. The summed E-state index contributed by atoms with van der Waals surface area (Å²) in [5.41, 5.74) is 2.17. The van der Waals surface area contributed by atoms with E-state index in [1.54, 1.807) is 0 Å². The smallest absolute Gasteiger partial charge is 0.222 e. The van der Waals surface area contributed by atoms with Crippen LogP contribution in [0.4, 0.5) is 5.69 Å². The number of hydrogen-bond acceptors (Lipinski definition) is 3. The molecule has 122 valence electrons. The van der Waals surface area contributed by atoms with Crippen molar-refractivity contribution in [1.82, 2.24) is 4.90 Å². The minimum absolute atomic E-state index is 0.327. The Morgan fingerprint density at radius 1 is 1.26 bits per heavy atom. The number of para-hydroxylation sites is 1. The Balaban J connectivity index is 1.54. The highest BCUT2D eigenvalue weighted by Crippen LogP contribution is 2.43. The number of benzene rings is 1. The third kappa shape index (κ3) is 3.19. The van der Waals surface area contributed by atoms with Crippen molar-refractivity contribution in [2.75, 3.05) is 31.1 Å². The number of rotatable bonds is 4.